The highest BCUT2D eigenvalue weighted by Gasteiger charge is 2.72. The molecule has 1 aromatic heterocycles. The zero-order chi connectivity index (χ0) is 28.3. The minimum atomic E-state index is -1.37. The van der Waals surface area contributed by atoms with Gasteiger partial charge in [-0.2, -0.15) is 0 Å². The van der Waals surface area contributed by atoms with E-state index in [2.05, 4.69) is 10.3 Å². The van der Waals surface area contributed by atoms with Crippen LogP contribution in [0.1, 0.15) is 6.92 Å². The summed E-state index contributed by atoms with van der Waals surface area (Å²) >= 11 is 0. The molecule has 41 heavy (non-hydrogen) atoms. The largest absolute Gasteiger partial charge is 0.394 e. The number of anilines is 1. The Balaban J connectivity index is 1.29. The van der Waals surface area contributed by atoms with E-state index in [1.54, 1.807) is 27.5 Å². The molecule has 4 aliphatic rings. The fraction of sp³-hybridized carbons (Fsp3) is 0.367. The number of para-hydroxylation sites is 2. The molecule has 210 valence electrons. The van der Waals surface area contributed by atoms with E-state index in [-0.39, 0.29) is 37.5 Å². The van der Waals surface area contributed by atoms with Gasteiger partial charge in [-0.05, 0) is 31.2 Å². The molecule has 1 unspecified atom stereocenters. The van der Waals surface area contributed by atoms with Gasteiger partial charge in [-0.15, -0.1) is 5.10 Å². The van der Waals surface area contributed by atoms with Crippen molar-refractivity contribution in [2.75, 3.05) is 24.6 Å². The zero-order valence-electron chi connectivity index (χ0n) is 22.5. The van der Waals surface area contributed by atoms with Crippen LogP contribution in [-0.2, 0) is 25.8 Å². The second-order valence-corrected chi connectivity index (χ2v) is 11.0. The topological polar surface area (TPSA) is 121 Å². The first-order valence-electron chi connectivity index (χ1n) is 13.8. The molecule has 5 heterocycles. The van der Waals surface area contributed by atoms with Crippen LogP contribution in [-0.4, -0.2) is 91.1 Å². The van der Waals surface area contributed by atoms with Crippen LogP contribution in [0, 0.1) is 11.8 Å². The molecule has 1 spiro atoms. The second-order valence-electron chi connectivity index (χ2n) is 11.0. The molecule has 0 bridgehead atoms. The Morgan fingerprint density at radius 3 is 2.59 bits per heavy atom. The highest BCUT2D eigenvalue weighted by Crippen LogP contribution is 2.54. The summed E-state index contributed by atoms with van der Waals surface area (Å²) < 4.78 is 8.32. The fourth-order valence-electron chi connectivity index (χ4n) is 6.84. The molecule has 2 saturated heterocycles. The van der Waals surface area contributed by atoms with Gasteiger partial charge in [0.1, 0.15) is 23.8 Å². The third-order valence-corrected chi connectivity index (χ3v) is 8.71. The van der Waals surface area contributed by atoms with Crippen LogP contribution in [0.4, 0.5) is 5.69 Å². The lowest BCUT2D eigenvalue weighted by molar-refractivity contribution is -0.151. The average molecular weight is 555 g/mol. The maximum atomic E-state index is 14.4. The van der Waals surface area contributed by atoms with E-state index >= 15 is 0 Å². The van der Waals surface area contributed by atoms with Crippen LogP contribution in [0.3, 0.4) is 0 Å². The summed E-state index contributed by atoms with van der Waals surface area (Å²) in [5.74, 6) is -2.69. The minimum Gasteiger partial charge on any atom is -0.394 e. The lowest BCUT2D eigenvalue weighted by Crippen LogP contribution is -2.57. The number of amides is 3. The predicted octanol–water partition coefficient (Wildman–Crippen LogP) is 1.35. The van der Waals surface area contributed by atoms with Gasteiger partial charge in [0.05, 0.1) is 36.1 Å². The third-order valence-electron chi connectivity index (χ3n) is 8.71. The molecular weight excluding hydrogens is 524 g/mol. The molecule has 0 saturated carbocycles. The summed E-state index contributed by atoms with van der Waals surface area (Å²) in [6.07, 6.45) is 6.67. The molecule has 0 aliphatic carbocycles. The standard InChI is InChI=1S/C30H30N6O5/c1-19(17-37)36-26-29(40)33(18-35-22-12-6-5-11-21(22)31-32-35)15-8-14-30(26)25(28(36)39)24-23(41-30)13-7-16-34(27(24)38)20-9-3-2-4-10-20/h2-14,19,23-26,37H,15-18H2,1H3/t19-,23-,24+,25+,26?,30+/m1/s1. The number of carbonyl (C=O) groups is 3. The van der Waals surface area contributed by atoms with Crippen LogP contribution >= 0.6 is 0 Å². The number of aromatic nitrogens is 3. The molecule has 11 nitrogen and oxygen atoms in total. The van der Waals surface area contributed by atoms with E-state index < -0.39 is 35.6 Å². The van der Waals surface area contributed by atoms with Crippen LogP contribution < -0.4 is 4.90 Å². The number of benzene rings is 2. The monoisotopic (exact) mass is 554 g/mol. The van der Waals surface area contributed by atoms with E-state index in [0.717, 1.165) is 11.2 Å². The molecule has 11 heteroatoms. The third kappa shape index (κ3) is 3.76. The number of aliphatic hydroxyl groups is 1. The number of hydrogen-bond acceptors (Lipinski definition) is 7. The zero-order valence-corrected chi connectivity index (χ0v) is 22.5. The maximum absolute atomic E-state index is 14.4. The molecule has 6 atom stereocenters. The van der Waals surface area contributed by atoms with Gasteiger partial charge in [-0.3, -0.25) is 14.4 Å². The van der Waals surface area contributed by atoms with Crippen molar-refractivity contribution in [3.8, 4) is 0 Å². The Hall–Kier alpha value is -4.35. The van der Waals surface area contributed by atoms with Crippen LogP contribution in [0.25, 0.3) is 11.0 Å². The van der Waals surface area contributed by atoms with E-state index in [0.29, 0.717) is 12.1 Å². The Kier molecular flexibility index (Phi) is 6.02. The summed E-state index contributed by atoms with van der Waals surface area (Å²) in [6.45, 7) is 2.08. The first-order chi connectivity index (χ1) is 19.9. The van der Waals surface area contributed by atoms with Gasteiger partial charge in [0.2, 0.25) is 11.8 Å². The normalized spacial score (nSPS) is 29.9. The van der Waals surface area contributed by atoms with Crippen molar-refractivity contribution < 1.29 is 24.2 Å². The molecule has 2 aromatic carbocycles. The van der Waals surface area contributed by atoms with Gasteiger partial charge in [0.25, 0.3) is 5.91 Å². The molecule has 7 rings (SSSR count). The number of rotatable bonds is 5. The van der Waals surface area contributed by atoms with Gasteiger partial charge in [-0.1, -0.05) is 59.8 Å². The van der Waals surface area contributed by atoms with Crippen molar-refractivity contribution in [2.24, 2.45) is 11.8 Å². The van der Waals surface area contributed by atoms with Crippen molar-refractivity contribution in [3.63, 3.8) is 0 Å². The predicted molar refractivity (Wildman–Crippen MR) is 148 cm³/mol. The lowest BCUT2D eigenvalue weighted by atomic mass is 9.77. The van der Waals surface area contributed by atoms with Gasteiger partial charge in [-0.25, -0.2) is 4.68 Å². The Bertz CT molecular complexity index is 1590. The number of hydrogen-bond donors (Lipinski definition) is 1. The summed E-state index contributed by atoms with van der Waals surface area (Å²) in [5.41, 5.74) is 0.845. The van der Waals surface area contributed by atoms with Gasteiger partial charge in [0, 0.05) is 18.8 Å². The van der Waals surface area contributed by atoms with Crippen molar-refractivity contribution in [3.05, 3.63) is 78.9 Å². The van der Waals surface area contributed by atoms with E-state index in [1.165, 1.54) is 4.90 Å². The van der Waals surface area contributed by atoms with Crippen molar-refractivity contribution in [1.29, 1.82) is 0 Å². The van der Waals surface area contributed by atoms with Gasteiger partial charge >= 0.3 is 0 Å². The average Bonchev–Trinajstić information content (AvgIpc) is 3.55. The molecule has 2 fully saturated rings. The number of ether oxygens (including phenoxy) is 1. The molecule has 1 N–H and O–H groups in total. The quantitative estimate of drug-likeness (QED) is 0.473. The van der Waals surface area contributed by atoms with Crippen LogP contribution in [0.15, 0.2) is 78.9 Å². The Morgan fingerprint density at radius 2 is 1.78 bits per heavy atom. The van der Waals surface area contributed by atoms with E-state index in [1.807, 2.05) is 72.8 Å². The van der Waals surface area contributed by atoms with E-state index in [9.17, 15) is 19.5 Å². The summed E-state index contributed by atoms with van der Waals surface area (Å²) in [6, 6.07) is 15.1. The Morgan fingerprint density at radius 1 is 1.00 bits per heavy atom. The molecular formula is C30H30N6O5. The smallest absolute Gasteiger partial charge is 0.250 e. The minimum absolute atomic E-state index is 0.115. The first kappa shape index (κ1) is 25.6. The highest BCUT2D eigenvalue weighted by molar-refractivity contribution is 6.03. The Labute approximate surface area is 236 Å². The van der Waals surface area contributed by atoms with Gasteiger partial charge < -0.3 is 24.5 Å². The number of fused-ring (bicyclic) bond motifs is 3. The highest BCUT2D eigenvalue weighted by atomic mass is 16.5. The maximum Gasteiger partial charge on any atom is 0.250 e. The second kappa shape index (κ2) is 9.64. The van der Waals surface area contributed by atoms with Gasteiger partial charge in [0.15, 0.2) is 0 Å². The fourth-order valence-corrected chi connectivity index (χ4v) is 6.84. The molecule has 3 aromatic rings. The van der Waals surface area contributed by atoms with Crippen molar-refractivity contribution >= 4 is 34.4 Å². The summed E-state index contributed by atoms with van der Waals surface area (Å²) in [4.78, 5) is 47.5. The molecule has 0 radical (unpaired) electrons. The number of likely N-dealkylation sites (tertiary alicyclic amines) is 1. The van der Waals surface area contributed by atoms with Crippen molar-refractivity contribution in [2.45, 2.75) is 37.4 Å². The first-order valence-corrected chi connectivity index (χ1v) is 13.8. The number of carbonyl (C=O) groups excluding carboxylic acids is 3. The van der Waals surface area contributed by atoms with E-state index in [4.69, 9.17) is 4.74 Å². The SMILES string of the molecule is C[C@H](CO)N1C(=O)[C@@H]2[C@H]3C(=O)N(c4ccccc4)CC=C[C@H]3O[C@@]23C=CCN(Cn2nnc4ccccc42)C(=O)C13. The van der Waals surface area contributed by atoms with Crippen LogP contribution in [0.2, 0.25) is 0 Å². The summed E-state index contributed by atoms with van der Waals surface area (Å²) in [5, 5.41) is 18.6. The lowest BCUT2D eigenvalue weighted by Gasteiger charge is -2.37. The van der Waals surface area contributed by atoms with Crippen molar-refractivity contribution in [1.82, 2.24) is 24.8 Å². The molecule has 4 aliphatic heterocycles. The number of nitrogens with zero attached hydrogens (tertiary/aromatic N) is 6. The number of aliphatic hydroxyl groups excluding tert-OH is 1. The molecule has 3 amide bonds. The summed E-state index contributed by atoms with van der Waals surface area (Å²) in [7, 11) is 0. The van der Waals surface area contributed by atoms with Crippen LogP contribution in [0.5, 0.6) is 0 Å².